The summed E-state index contributed by atoms with van der Waals surface area (Å²) in [5, 5.41) is 18.9. The fourth-order valence-corrected chi connectivity index (χ4v) is 10.5. The number of ether oxygens (including phenoxy) is 1. The number of hydrogen-bond donors (Lipinski definition) is 5. The van der Waals surface area contributed by atoms with E-state index in [1.807, 2.05) is 41.1 Å². The molecule has 2 fully saturated rings. The zero-order chi connectivity index (χ0) is 46.6. The summed E-state index contributed by atoms with van der Waals surface area (Å²) in [5.74, 6) is -1.12. The second kappa shape index (κ2) is 19.6. The highest BCUT2D eigenvalue weighted by molar-refractivity contribution is 7.92. The third kappa shape index (κ3) is 10.5. The Morgan fingerprint density at radius 3 is 2.41 bits per heavy atom. The van der Waals surface area contributed by atoms with Gasteiger partial charge in [0.15, 0.2) is 0 Å². The van der Waals surface area contributed by atoms with Crippen LogP contribution >= 0.6 is 11.6 Å². The highest BCUT2D eigenvalue weighted by Gasteiger charge is 2.48. The van der Waals surface area contributed by atoms with E-state index in [1.54, 1.807) is 42.6 Å². The van der Waals surface area contributed by atoms with Gasteiger partial charge >= 0.3 is 5.51 Å². The minimum absolute atomic E-state index is 0.0587. The first-order chi connectivity index (χ1) is 31.6. The van der Waals surface area contributed by atoms with Crippen molar-refractivity contribution in [2.75, 3.05) is 62.6 Å². The molecule has 2 aliphatic rings. The molecule has 8 rings (SSSR count). The normalized spacial score (nSPS) is 16.0. The predicted molar refractivity (Wildman–Crippen MR) is 246 cm³/mol. The number of hydrogen-bond acceptors (Lipinski definition) is 12. The lowest BCUT2D eigenvalue weighted by molar-refractivity contribution is -0.0435. The Labute approximate surface area is 385 Å². The van der Waals surface area contributed by atoms with E-state index in [0.29, 0.717) is 66.7 Å². The van der Waals surface area contributed by atoms with Crippen LogP contribution in [-0.2, 0) is 19.9 Å². The molecule has 1 amide bonds. The van der Waals surface area contributed by atoms with Crippen molar-refractivity contribution in [3.05, 3.63) is 126 Å². The molecule has 5 N–H and O–H groups in total. The molecule has 1 atom stereocenters. The van der Waals surface area contributed by atoms with E-state index in [2.05, 4.69) is 30.4 Å². The maximum Gasteiger partial charge on any atom is 0.501 e. The number of benzene rings is 4. The number of sulfonamides is 1. The standard InChI is InChI=1S/C46H47ClF3N7O7S2/c47-33-8-6-30(7-9-33)37-4-1-2-5-38(37)43(58)31-15-22-57(23-16-31)34-10-12-39(41(27-34)64-35-26-32-14-18-53-44(32)54-29-35)45(59)55-66(62,63)36-11-13-40(42(28-36)65(60,61)46(48,49)50)52-17-3-21-56-24-19-51-20-25-56/h1-2,4-14,18,26-29,31,43,51-52,58H,3,15-17,19-25H2,(H,53,54)(H,55,59)/t43-/m1/s1. The molecule has 6 aromatic rings. The zero-order valence-corrected chi connectivity index (χ0v) is 37.8. The number of alkyl halides is 3. The Kier molecular flexibility index (Phi) is 13.9. The highest BCUT2D eigenvalue weighted by atomic mass is 35.5. The molecule has 66 heavy (non-hydrogen) atoms. The SMILES string of the molecule is O=C(NS(=O)(=O)c1ccc(NCCCN2CCNCC2)c(S(=O)(=O)C(F)(F)F)c1)c1ccc(N2CCC([C@@H](O)c3ccccc3-c3ccc(Cl)cc3)CC2)cc1Oc1cnc2[nH]ccc2c1. The lowest BCUT2D eigenvalue weighted by Gasteiger charge is -2.36. The third-order valence-electron chi connectivity index (χ3n) is 11.9. The Morgan fingerprint density at radius 2 is 1.67 bits per heavy atom. The van der Waals surface area contributed by atoms with Gasteiger partial charge in [-0.1, -0.05) is 48.0 Å². The number of nitrogens with zero attached hydrogens (tertiary/aromatic N) is 3. The van der Waals surface area contributed by atoms with E-state index in [0.717, 1.165) is 55.0 Å². The van der Waals surface area contributed by atoms with Crippen molar-refractivity contribution >= 4 is 59.8 Å². The van der Waals surface area contributed by atoms with E-state index in [4.69, 9.17) is 16.3 Å². The number of amides is 1. The van der Waals surface area contributed by atoms with Gasteiger partial charge in [0.2, 0.25) is 0 Å². The van der Waals surface area contributed by atoms with Gasteiger partial charge in [-0.3, -0.25) is 4.79 Å². The molecule has 0 spiro atoms. The van der Waals surface area contributed by atoms with Crippen molar-refractivity contribution in [3.63, 3.8) is 0 Å². The number of nitrogens with one attached hydrogen (secondary N) is 4. The van der Waals surface area contributed by atoms with Gasteiger partial charge in [0, 0.05) is 74.2 Å². The first kappa shape index (κ1) is 46.8. The molecule has 4 aromatic carbocycles. The molecule has 348 valence electrons. The topological polar surface area (TPSA) is 186 Å². The second-order valence-electron chi connectivity index (χ2n) is 16.1. The summed E-state index contributed by atoms with van der Waals surface area (Å²) in [6.45, 7) is 4.94. The van der Waals surface area contributed by atoms with Gasteiger partial charge in [-0.25, -0.2) is 26.5 Å². The monoisotopic (exact) mass is 965 g/mol. The second-order valence-corrected chi connectivity index (χ2v) is 20.2. The number of aliphatic hydroxyl groups excluding tert-OH is 1. The number of pyridine rings is 1. The molecule has 2 aliphatic heterocycles. The number of aromatic nitrogens is 2. The number of H-pyrrole nitrogens is 1. The van der Waals surface area contributed by atoms with Crippen LogP contribution in [0.3, 0.4) is 0 Å². The van der Waals surface area contributed by atoms with Gasteiger partial charge in [0.1, 0.15) is 22.0 Å². The van der Waals surface area contributed by atoms with Crippen molar-refractivity contribution in [2.24, 2.45) is 5.92 Å². The van der Waals surface area contributed by atoms with E-state index in [-0.39, 0.29) is 29.5 Å². The Hall–Kier alpha value is -5.70. The molecule has 0 bridgehead atoms. The van der Waals surface area contributed by atoms with Crippen LogP contribution in [0.4, 0.5) is 24.5 Å². The van der Waals surface area contributed by atoms with Gasteiger partial charge in [0.25, 0.3) is 25.8 Å². The first-order valence-electron chi connectivity index (χ1n) is 21.3. The van der Waals surface area contributed by atoms with Gasteiger partial charge in [-0.05, 0) is 103 Å². The smallest absolute Gasteiger partial charge is 0.455 e. The van der Waals surface area contributed by atoms with E-state index < -0.39 is 52.9 Å². The fourth-order valence-electron chi connectivity index (χ4n) is 8.32. The van der Waals surface area contributed by atoms with Crippen LogP contribution in [0.15, 0.2) is 119 Å². The number of anilines is 2. The average Bonchev–Trinajstić information content (AvgIpc) is 3.78. The van der Waals surface area contributed by atoms with Crippen LogP contribution in [0.1, 0.15) is 41.3 Å². The van der Waals surface area contributed by atoms with Gasteiger partial charge in [0.05, 0.1) is 28.4 Å². The lowest BCUT2D eigenvalue weighted by atomic mass is 9.84. The van der Waals surface area contributed by atoms with Crippen molar-refractivity contribution in [2.45, 2.75) is 40.7 Å². The molecular formula is C46H47ClF3N7O7S2. The summed E-state index contributed by atoms with van der Waals surface area (Å²) in [5.41, 5.74) is -2.58. The van der Waals surface area contributed by atoms with Crippen LogP contribution in [0.5, 0.6) is 11.5 Å². The number of carbonyl (C=O) groups is 1. The van der Waals surface area contributed by atoms with Crippen molar-refractivity contribution < 1.29 is 44.6 Å². The number of halogens is 4. The van der Waals surface area contributed by atoms with Crippen LogP contribution < -0.4 is 25.0 Å². The number of rotatable bonds is 15. The first-order valence-corrected chi connectivity index (χ1v) is 24.6. The Morgan fingerprint density at radius 1 is 0.924 bits per heavy atom. The number of aliphatic hydroxyl groups is 1. The van der Waals surface area contributed by atoms with E-state index in [9.17, 15) is 39.9 Å². The van der Waals surface area contributed by atoms with Crippen LogP contribution in [-0.4, -0.2) is 101 Å². The zero-order valence-electron chi connectivity index (χ0n) is 35.4. The summed E-state index contributed by atoms with van der Waals surface area (Å²) >= 11 is 6.13. The summed E-state index contributed by atoms with van der Waals surface area (Å²) in [4.78, 5) is 23.3. The molecule has 0 radical (unpaired) electrons. The van der Waals surface area contributed by atoms with Crippen molar-refractivity contribution in [1.82, 2.24) is 24.9 Å². The third-order valence-corrected chi connectivity index (χ3v) is 15.0. The maximum absolute atomic E-state index is 14.0. The molecule has 0 saturated carbocycles. The van der Waals surface area contributed by atoms with Crippen molar-refractivity contribution in [3.8, 4) is 22.6 Å². The van der Waals surface area contributed by atoms with E-state index in [1.165, 1.54) is 12.3 Å². The number of carbonyl (C=O) groups excluding carboxylic acids is 1. The largest absolute Gasteiger partial charge is 0.501 e. The highest BCUT2D eigenvalue weighted by Crippen LogP contribution is 2.40. The maximum atomic E-state index is 14.0. The van der Waals surface area contributed by atoms with E-state index >= 15 is 0 Å². The molecule has 0 unspecified atom stereocenters. The Bertz CT molecular complexity index is 2920. The molecule has 20 heteroatoms. The number of piperazine rings is 1. The summed E-state index contributed by atoms with van der Waals surface area (Å²) < 4.78 is 103. The minimum Gasteiger partial charge on any atom is -0.455 e. The summed E-state index contributed by atoms with van der Waals surface area (Å²) in [6.07, 6.45) is 4.04. The Balaban J connectivity index is 1.02. The quantitative estimate of drug-likeness (QED) is 0.0632. The lowest BCUT2D eigenvalue weighted by Crippen LogP contribution is -2.44. The molecule has 4 heterocycles. The summed E-state index contributed by atoms with van der Waals surface area (Å²) in [7, 11) is -11.0. The van der Waals surface area contributed by atoms with Gasteiger partial charge in [-0.15, -0.1) is 0 Å². The average molecular weight is 967 g/mol. The fraction of sp³-hybridized carbons (Fsp3) is 0.304. The van der Waals surface area contributed by atoms with Crippen LogP contribution in [0, 0.1) is 5.92 Å². The predicted octanol–water partition coefficient (Wildman–Crippen LogP) is 7.75. The van der Waals surface area contributed by atoms with Gasteiger partial charge in [-0.2, -0.15) is 13.2 Å². The molecule has 0 aliphatic carbocycles. The van der Waals surface area contributed by atoms with Crippen molar-refractivity contribution in [1.29, 1.82) is 0 Å². The number of fused-ring (bicyclic) bond motifs is 1. The van der Waals surface area contributed by atoms with Crippen LogP contribution in [0.2, 0.25) is 5.02 Å². The molecule has 14 nitrogen and oxygen atoms in total. The van der Waals surface area contributed by atoms with Crippen LogP contribution in [0.25, 0.3) is 22.2 Å². The minimum atomic E-state index is -6.04. The molecule has 2 saturated heterocycles. The molecular weight excluding hydrogens is 919 g/mol. The number of aromatic amines is 1. The molecule has 2 aromatic heterocycles. The number of sulfone groups is 1. The van der Waals surface area contributed by atoms with Gasteiger partial charge < -0.3 is 35.3 Å². The summed E-state index contributed by atoms with van der Waals surface area (Å²) in [6, 6.07) is 25.4. The number of piperidine rings is 1.